The number of carbonyl (C=O) groups excluding carboxylic acids is 1. The van der Waals surface area contributed by atoms with E-state index in [1.54, 1.807) is 20.1 Å². The van der Waals surface area contributed by atoms with E-state index in [-0.39, 0.29) is 5.78 Å². The van der Waals surface area contributed by atoms with Crippen LogP contribution < -0.4 is 4.74 Å². The molecule has 0 atom stereocenters. The highest BCUT2D eigenvalue weighted by atomic mass is 16.5. The molecule has 16 heavy (non-hydrogen) atoms. The van der Waals surface area contributed by atoms with Crippen LogP contribution in [0.4, 0.5) is 0 Å². The van der Waals surface area contributed by atoms with E-state index in [1.807, 2.05) is 43.3 Å². The molecule has 0 bridgehead atoms. The predicted molar refractivity (Wildman–Crippen MR) is 66.5 cm³/mol. The second kappa shape index (κ2) is 5.91. The highest BCUT2D eigenvalue weighted by Gasteiger charge is 1.99. The van der Waals surface area contributed by atoms with Crippen LogP contribution in [0, 0.1) is 0 Å². The number of ketones is 1. The van der Waals surface area contributed by atoms with Crippen molar-refractivity contribution in [3.05, 3.63) is 48.1 Å². The van der Waals surface area contributed by atoms with Gasteiger partial charge in [0.25, 0.3) is 0 Å². The zero-order valence-corrected chi connectivity index (χ0v) is 9.86. The topological polar surface area (TPSA) is 26.3 Å². The van der Waals surface area contributed by atoms with Crippen LogP contribution in [0.1, 0.15) is 19.4 Å². The molecule has 0 spiro atoms. The van der Waals surface area contributed by atoms with Crippen LogP contribution in [0.15, 0.2) is 42.5 Å². The van der Waals surface area contributed by atoms with Crippen LogP contribution in [0.3, 0.4) is 0 Å². The Morgan fingerprint density at radius 3 is 2.31 bits per heavy atom. The average Bonchev–Trinajstić information content (AvgIpc) is 2.28. The molecular formula is C14H16O2. The Morgan fingerprint density at radius 2 is 1.88 bits per heavy atom. The third kappa shape index (κ3) is 3.39. The molecule has 0 unspecified atom stereocenters. The molecule has 2 heteroatoms. The molecule has 1 aromatic carbocycles. The fourth-order valence-corrected chi connectivity index (χ4v) is 1.41. The third-order valence-corrected chi connectivity index (χ3v) is 2.13. The lowest BCUT2D eigenvalue weighted by molar-refractivity contribution is -0.112. The lowest BCUT2D eigenvalue weighted by Gasteiger charge is -2.04. The van der Waals surface area contributed by atoms with Crippen molar-refractivity contribution in [1.82, 2.24) is 0 Å². The lowest BCUT2D eigenvalue weighted by Crippen LogP contribution is -1.88. The van der Waals surface area contributed by atoms with E-state index in [4.69, 9.17) is 4.74 Å². The van der Waals surface area contributed by atoms with Gasteiger partial charge in [-0.3, -0.25) is 4.79 Å². The molecule has 0 aromatic heterocycles. The van der Waals surface area contributed by atoms with E-state index in [0.717, 1.165) is 16.9 Å². The Bertz CT molecular complexity index is 411. The number of carbonyl (C=O) groups is 1. The molecule has 0 radical (unpaired) electrons. The first kappa shape index (κ1) is 12.2. The van der Waals surface area contributed by atoms with Gasteiger partial charge in [-0.25, -0.2) is 0 Å². The largest absolute Gasteiger partial charge is 0.497 e. The van der Waals surface area contributed by atoms with Crippen LogP contribution in [0.5, 0.6) is 5.75 Å². The number of hydrogen-bond acceptors (Lipinski definition) is 2. The number of benzene rings is 1. The standard InChI is InChI=1S/C14H16O2/c1-4-5-13(10-11(2)15)12-6-8-14(16-3)9-7-12/h4-10H,1-3H3/b5-4-,13-10+. The van der Waals surface area contributed by atoms with Gasteiger partial charge in [-0.05, 0) is 43.2 Å². The third-order valence-electron chi connectivity index (χ3n) is 2.13. The second-order valence-electron chi connectivity index (χ2n) is 3.44. The number of methoxy groups -OCH3 is 1. The van der Waals surface area contributed by atoms with Gasteiger partial charge in [0.15, 0.2) is 5.78 Å². The molecule has 0 saturated heterocycles. The van der Waals surface area contributed by atoms with Crippen LogP contribution in [-0.4, -0.2) is 12.9 Å². The number of rotatable bonds is 4. The zero-order valence-electron chi connectivity index (χ0n) is 9.86. The Labute approximate surface area is 96.2 Å². The van der Waals surface area contributed by atoms with Crippen molar-refractivity contribution in [2.24, 2.45) is 0 Å². The maximum absolute atomic E-state index is 11.1. The van der Waals surface area contributed by atoms with Gasteiger partial charge in [0.05, 0.1) is 7.11 Å². The summed E-state index contributed by atoms with van der Waals surface area (Å²) in [7, 11) is 1.63. The van der Waals surface area contributed by atoms with E-state index in [1.165, 1.54) is 0 Å². The number of hydrogen-bond donors (Lipinski definition) is 0. The minimum absolute atomic E-state index is 0.0453. The van der Waals surface area contributed by atoms with Gasteiger partial charge in [-0.1, -0.05) is 24.3 Å². The Hall–Kier alpha value is -1.83. The van der Waals surface area contributed by atoms with E-state index in [2.05, 4.69) is 0 Å². The van der Waals surface area contributed by atoms with E-state index < -0.39 is 0 Å². The summed E-state index contributed by atoms with van der Waals surface area (Å²) in [4.78, 5) is 11.1. The van der Waals surface area contributed by atoms with Gasteiger partial charge in [0, 0.05) is 0 Å². The van der Waals surface area contributed by atoms with Crippen molar-refractivity contribution in [2.75, 3.05) is 7.11 Å². The molecule has 1 rings (SSSR count). The zero-order chi connectivity index (χ0) is 12.0. The second-order valence-corrected chi connectivity index (χ2v) is 3.44. The van der Waals surface area contributed by atoms with Crippen LogP contribution in [-0.2, 0) is 4.79 Å². The summed E-state index contributed by atoms with van der Waals surface area (Å²) in [6.07, 6.45) is 5.46. The summed E-state index contributed by atoms with van der Waals surface area (Å²) in [5.74, 6) is 0.857. The molecule has 2 nitrogen and oxygen atoms in total. The fourth-order valence-electron chi connectivity index (χ4n) is 1.41. The van der Waals surface area contributed by atoms with Crippen LogP contribution in [0.2, 0.25) is 0 Å². The summed E-state index contributed by atoms with van der Waals surface area (Å²) >= 11 is 0. The molecule has 0 saturated carbocycles. The van der Waals surface area contributed by atoms with Gasteiger partial charge in [-0.2, -0.15) is 0 Å². The first-order valence-electron chi connectivity index (χ1n) is 5.16. The average molecular weight is 216 g/mol. The summed E-state index contributed by atoms with van der Waals surface area (Å²) in [6.45, 7) is 3.48. The number of allylic oxidation sites excluding steroid dienone is 4. The summed E-state index contributed by atoms with van der Waals surface area (Å²) in [6, 6.07) is 7.64. The van der Waals surface area contributed by atoms with Gasteiger partial charge in [0.2, 0.25) is 0 Å². The lowest BCUT2D eigenvalue weighted by atomic mass is 10.0. The molecule has 0 amide bonds. The molecule has 0 aliphatic rings. The molecule has 0 fully saturated rings. The van der Waals surface area contributed by atoms with Crippen LogP contribution in [0.25, 0.3) is 5.57 Å². The monoisotopic (exact) mass is 216 g/mol. The van der Waals surface area contributed by atoms with Crippen LogP contribution >= 0.6 is 0 Å². The SMILES string of the molecule is C/C=C\C(=C/C(C)=O)c1ccc(OC)cc1. The molecule has 0 heterocycles. The van der Waals surface area contributed by atoms with Gasteiger partial charge in [-0.15, -0.1) is 0 Å². The normalized spacial score (nSPS) is 11.8. The highest BCUT2D eigenvalue weighted by molar-refractivity contribution is 5.97. The molecular weight excluding hydrogens is 200 g/mol. The van der Waals surface area contributed by atoms with E-state index >= 15 is 0 Å². The first-order valence-corrected chi connectivity index (χ1v) is 5.16. The minimum atomic E-state index is 0.0453. The van der Waals surface area contributed by atoms with E-state index in [0.29, 0.717) is 0 Å². The summed E-state index contributed by atoms with van der Waals surface area (Å²) in [5.41, 5.74) is 1.92. The predicted octanol–water partition coefficient (Wildman–Crippen LogP) is 3.24. The molecule has 0 aliphatic heterocycles. The van der Waals surface area contributed by atoms with E-state index in [9.17, 15) is 4.79 Å². The maximum Gasteiger partial charge on any atom is 0.153 e. The Balaban J connectivity index is 3.06. The summed E-state index contributed by atoms with van der Waals surface area (Å²) < 4.78 is 5.09. The number of ether oxygens (including phenoxy) is 1. The smallest absolute Gasteiger partial charge is 0.153 e. The highest BCUT2D eigenvalue weighted by Crippen LogP contribution is 2.19. The van der Waals surface area contributed by atoms with Crippen molar-refractivity contribution in [3.63, 3.8) is 0 Å². The van der Waals surface area contributed by atoms with Crippen molar-refractivity contribution in [3.8, 4) is 5.75 Å². The fraction of sp³-hybridized carbons (Fsp3) is 0.214. The molecule has 84 valence electrons. The molecule has 0 N–H and O–H groups in total. The minimum Gasteiger partial charge on any atom is -0.497 e. The quantitative estimate of drug-likeness (QED) is 0.570. The van der Waals surface area contributed by atoms with Crippen molar-refractivity contribution in [1.29, 1.82) is 0 Å². The summed E-state index contributed by atoms with van der Waals surface area (Å²) in [5, 5.41) is 0. The molecule has 0 aliphatic carbocycles. The first-order chi connectivity index (χ1) is 7.67. The maximum atomic E-state index is 11.1. The van der Waals surface area contributed by atoms with Crippen molar-refractivity contribution >= 4 is 11.4 Å². The van der Waals surface area contributed by atoms with Gasteiger partial charge in [0.1, 0.15) is 5.75 Å². The Morgan fingerprint density at radius 1 is 1.25 bits per heavy atom. The molecule has 1 aromatic rings. The van der Waals surface area contributed by atoms with Gasteiger partial charge < -0.3 is 4.74 Å². The van der Waals surface area contributed by atoms with Gasteiger partial charge >= 0.3 is 0 Å². The van der Waals surface area contributed by atoms with Crippen molar-refractivity contribution in [2.45, 2.75) is 13.8 Å². The van der Waals surface area contributed by atoms with Crippen molar-refractivity contribution < 1.29 is 9.53 Å². The Kier molecular flexibility index (Phi) is 4.52.